The fraction of sp³-hybridized carbons (Fsp3) is 0.571. The number of aryl methyl sites for hydroxylation is 1. The van der Waals surface area contributed by atoms with Crippen LogP contribution in [-0.2, 0) is 11.3 Å². The highest BCUT2D eigenvalue weighted by Gasteiger charge is 2.38. The number of ether oxygens (including phenoxy) is 1. The molecule has 0 radical (unpaired) electrons. The van der Waals surface area contributed by atoms with Crippen LogP contribution in [0.2, 0.25) is 0 Å². The first-order valence-corrected chi connectivity index (χ1v) is 6.35. The van der Waals surface area contributed by atoms with Crippen molar-refractivity contribution in [3.63, 3.8) is 0 Å². The summed E-state index contributed by atoms with van der Waals surface area (Å²) in [5.41, 5.74) is 0.926. The normalized spacial score (nSPS) is 27.6. The zero-order valence-corrected chi connectivity index (χ0v) is 10.9. The van der Waals surface area contributed by atoms with Gasteiger partial charge in [-0.25, -0.2) is 0 Å². The predicted molar refractivity (Wildman–Crippen MR) is 69.5 cm³/mol. The van der Waals surface area contributed by atoms with Crippen molar-refractivity contribution < 1.29 is 14.9 Å². The van der Waals surface area contributed by atoms with E-state index in [0.717, 1.165) is 11.1 Å². The lowest BCUT2D eigenvalue weighted by Gasteiger charge is -2.26. The molecule has 1 heterocycles. The van der Waals surface area contributed by atoms with Crippen molar-refractivity contribution in [1.82, 2.24) is 5.32 Å². The van der Waals surface area contributed by atoms with E-state index in [1.54, 1.807) is 0 Å². The van der Waals surface area contributed by atoms with E-state index in [4.69, 9.17) is 4.74 Å². The Hall–Kier alpha value is -1.10. The Morgan fingerprint density at radius 3 is 2.94 bits per heavy atom. The highest BCUT2D eigenvalue weighted by atomic mass is 16.5. The molecular weight excluding hydrogens is 230 g/mol. The molecule has 0 amide bonds. The number of rotatable bonds is 4. The van der Waals surface area contributed by atoms with Crippen molar-refractivity contribution in [3.05, 3.63) is 29.3 Å². The van der Waals surface area contributed by atoms with Gasteiger partial charge >= 0.3 is 0 Å². The van der Waals surface area contributed by atoms with Gasteiger partial charge in [0.05, 0.1) is 6.10 Å². The molecule has 2 atom stereocenters. The van der Waals surface area contributed by atoms with E-state index in [0.29, 0.717) is 31.9 Å². The minimum Gasteiger partial charge on any atom is -0.507 e. The molecule has 1 aliphatic rings. The highest BCUT2D eigenvalue weighted by Crippen LogP contribution is 2.25. The molecule has 0 aliphatic carbocycles. The Bertz CT molecular complexity index is 422. The van der Waals surface area contributed by atoms with Gasteiger partial charge < -0.3 is 20.3 Å². The third-order valence-electron chi connectivity index (χ3n) is 3.73. The van der Waals surface area contributed by atoms with Crippen molar-refractivity contribution in [1.29, 1.82) is 0 Å². The molecule has 4 heteroatoms. The number of hydrogen-bond acceptors (Lipinski definition) is 4. The average molecular weight is 251 g/mol. The van der Waals surface area contributed by atoms with Crippen LogP contribution < -0.4 is 5.32 Å². The van der Waals surface area contributed by atoms with E-state index in [2.05, 4.69) is 5.32 Å². The lowest BCUT2D eigenvalue weighted by Crippen LogP contribution is -2.45. The predicted octanol–water partition coefficient (Wildman–Crippen LogP) is 1.33. The van der Waals surface area contributed by atoms with Crippen LogP contribution in [0.1, 0.15) is 24.5 Å². The molecular formula is C14H21NO3. The molecule has 0 saturated carbocycles. The van der Waals surface area contributed by atoms with Crippen LogP contribution in [0.5, 0.6) is 5.75 Å². The maximum absolute atomic E-state index is 10.3. The van der Waals surface area contributed by atoms with Crippen molar-refractivity contribution in [2.45, 2.75) is 38.5 Å². The summed E-state index contributed by atoms with van der Waals surface area (Å²) < 4.78 is 5.37. The molecule has 2 unspecified atom stereocenters. The number of nitrogens with one attached hydrogen (secondary N) is 1. The SMILES string of the molecule is Cc1cccc(CNCC2(O)CCOC2C)c1O. The lowest BCUT2D eigenvalue weighted by atomic mass is 9.96. The number of aliphatic hydroxyl groups is 1. The van der Waals surface area contributed by atoms with Gasteiger partial charge in [0.1, 0.15) is 11.4 Å². The fourth-order valence-electron chi connectivity index (χ4n) is 2.28. The summed E-state index contributed by atoms with van der Waals surface area (Å²) in [4.78, 5) is 0. The molecule has 1 saturated heterocycles. The summed E-state index contributed by atoms with van der Waals surface area (Å²) in [6.45, 7) is 5.39. The number of hydrogen-bond donors (Lipinski definition) is 3. The monoisotopic (exact) mass is 251 g/mol. The number of para-hydroxylation sites is 1. The molecule has 1 aromatic carbocycles. The molecule has 3 N–H and O–H groups in total. The van der Waals surface area contributed by atoms with Gasteiger partial charge in [0, 0.05) is 31.7 Å². The summed E-state index contributed by atoms with van der Waals surface area (Å²) in [6, 6.07) is 5.68. The van der Waals surface area contributed by atoms with E-state index >= 15 is 0 Å². The van der Waals surface area contributed by atoms with Crippen LogP contribution in [0.4, 0.5) is 0 Å². The van der Waals surface area contributed by atoms with Crippen LogP contribution in [0.3, 0.4) is 0 Å². The first kappa shape index (κ1) is 13.3. The van der Waals surface area contributed by atoms with Crippen molar-refractivity contribution in [3.8, 4) is 5.75 Å². The summed E-state index contributed by atoms with van der Waals surface area (Å²) in [5, 5.41) is 23.4. The number of phenols is 1. The third-order valence-corrected chi connectivity index (χ3v) is 3.73. The summed E-state index contributed by atoms with van der Waals surface area (Å²) in [5.74, 6) is 0.327. The summed E-state index contributed by atoms with van der Waals surface area (Å²) in [6.07, 6.45) is 0.511. The van der Waals surface area contributed by atoms with Gasteiger partial charge in [-0.05, 0) is 19.4 Å². The zero-order valence-electron chi connectivity index (χ0n) is 10.9. The Balaban J connectivity index is 1.91. The zero-order chi connectivity index (χ0) is 13.2. The molecule has 1 fully saturated rings. The summed E-state index contributed by atoms with van der Waals surface area (Å²) >= 11 is 0. The van der Waals surface area contributed by atoms with E-state index < -0.39 is 5.60 Å². The maximum Gasteiger partial charge on any atom is 0.122 e. The first-order valence-electron chi connectivity index (χ1n) is 6.35. The van der Waals surface area contributed by atoms with Crippen LogP contribution in [-0.4, -0.2) is 35.1 Å². The maximum atomic E-state index is 10.3. The highest BCUT2D eigenvalue weighted by molar-refractivity contribution is 5.39. The van der Waals surface area contributed by atoms with Gasteiger partial charge in [-0.15, -0.1) is 0 Å². The van der Waals surface area contributed by atoms with Crippen molar-refractivity contribution in [2.75, 3.05) is 13.2 Å². The van der Waals surface area contributed by atoms with Gasteiger partial charge in [-0.1, -0.05) is 18.2 Å². The molecule has 4 nitrogen and oxygen atoms in total. The molecule has 1 aliphatic heterocycles. The minimum atomic E-state index is -0.792. The van der Waals surface area contributed by atoms with Crippen molar-refractivity contribution >= 4 is 0 Å². The van der Waals surface area contributed by atoms with Crippen LogP contribution in [0.25, 0.3) is 0 Å². The second kappa shape index (κ2) is 5.26. The molecule has 0 aromatic heterocycles. The van der Waals surface area contributed by atoms with E-state index in [1.807, 2.05) is 32.0 Å². The van der Waals surface area contributed by atoms with Crippen LogP contribution >= 0.6 is 0 Å². The minimum absolute atomic E-state index is 0.142. The van der Waals surface area contributed by atoms with Crippen LogP contribution in [0, 0.1) is 6.92 Å². The molecule has 18 heavy (non-hydrogen) atoms. The molecule has 0 spiro atoms. The Morgan fingerprint density at radius 1 is 1.50 bits per heavy atom. The number of benzene rings is 1. The van der Waals surface area contributed by atoms with E-state index in [-0.39, 0.29) is 6.10 Å². The van der Waals surface area contributed by atoms with E-state index in [1.165, 1.54) is 0 Å². The molecule has 0 bridgehead atoms. The first-order chi connectivity index (χ1) is 8.53. The van der Waals surface area contributed by atoms with Crippen molar-refractivity contribution in [2.24, 2.45) is 0 Å². The van der Waals surface area contributed by atoms with Gasteiger partial charge in [0.15, 0.2) is 0 Å². The lowest BCUT2D eigenvalue weighted by molar-refractivity contribution is -0.0263. The Labute approximate surface area is 108 Å². The van der Waals surface area contributed by atoms with E-state index in [9.17, 15) is 10.2 Å². The molecule has 2 rings (SSSR count). The molecule has 1 aromatic rings. The standard InChI is InChI=1S/C14H21NO3/c1-10-4-3-5-12(13(10)16)8-15-9-14(17)6-7-18-11(14)2/h3-5,11,15-17H,6-9H2,1-2H3. The smallest absolute Gasteiger partial charge is 0.122 e. The van der Waals surface area contributed by atoms with Gasteiger partial charge in [-0.2, -0.15) is 0 Å². The quantitative estimate of drug-likeness (QED) is 0.755. The largest absolute Gasteiger partial charge is 0.507 e. The van der Waals surface area contributed by atoms with Crippen LogP contribution in [0.15, 0.2) is 18.2 Å². The molecule has 100 valence electrons. The number of aromatic hydroxyl groups is 1. The average Bonchev–Trinajstić information content (AvgIpc) is 2.65. The number of phenolic OH excluding ortho intramolecular Hbond substituents is 1. The van der Waals surface area contributed by atoms with Gasteiger partial charge in [0.25, 0.3) is 0 Å². The second-order valence-corrected chi connectivity index (χ2v) is 5.05. The second-order valence-electron chi connectivity index (χ2n) is 5.05. The fourth-order valence-corrected chi connectivity index (χ4v) is 2.28. The van der Waals surface area contributed by atoms with Gasteiger partial charge in [-0.3, -0.25) is 0 Å². The third kappa shape index (κ3) is 2.66. The topological polar surface area (TPSA) is 61.7 Å². The Kier molecular flexibility index (Phi) is 3.90. The Morgan fingerprint density at radius 2 is 2.28 bits per heavy atom. The summed E-state index contributed by atoms with van der Waals surface area (Å²) in [7, 11) is 0. The van der Waals surface area contributed by atoms with Gasteiger partial charge in [0.2, 0.25) is 0 Å².